The first kappa shape index (κ1) is 20.8. The highest BCUT2D eigenvalue weighted by atomic mass is 16.5. The number of anilines is 1. The zero-order chi connectivity index (χ0) is 19.5. The van der Waals surface area contributed by atoms with E-state index in [-0.39, 0.29) is 5.91 Å². The van der Waals surface area contributed by atoms with Crippen LogP contribution in [-0.4, -0.2) is 19.1 Å². The Morgan fingerprint density at radius 3 is 2.56 bits per heavy atom. The van der Waals surface area contributed by atoms with Gasteiger partial charge in [0, 0.05) is 12.1 Å². The van der Waals surface area contributed by atoms with Gasteiger partial charge in [-0.25, -0.2) is 0 Å². The van der Waals surface area contributed by atoms with E-state index in [1.807, 2.05) is 49.4 Å². The molecule has 0 heterocycles. The number of hydrogen-bond acceptors (Lipinski definition) is 3. The standard InChI is InChI=1S/C23H31NO3/c1-4-7-16-27-21-14-12-18(17-22(21)26-6-3)13-15-23(25)24-20-11-9-8-10-19(20)5-2/h8-12,14,17H,4-7,13,15-16H2,1-3H3,(H,24,25). The zero-order valence-electron chi connectivity index (χ0n) is 16.7. The summed E-state index contributed by atoms with van der Waals surface area (Å²) in [6.07, 6.45) is 4.10. The number of hydrogen-bond donors (Lipinski definition) is 1. The summed E-state index contributed by atoms with van der Waals surface area (Å²) in [5.74, 6) is 1.55. The molecule has 0 atom stereocenters. The van der Waals surface area contributed by atoms with Gasteiger partial charge in [-0.15, -0.1) is 0 Å². The highest BCUT2D eigenvalue weighted by molar-refractivity contribution is 5.91. The van der Waals surface area contributed by atoms with Crippen LogP contribution in [0.1, 0.15) is 51.2 Å². The summed E-state index contributed by atoms with van der Waals surface area (Å²) < 4.78 is 11.5. The van der Waals surface area contributed by atoms with Crippen LogP contribution in [0.2, 0.25) is 0 Å². The molecule has 2 aromatic rings. The molecule has 0 spiro atoms. The summed E-state index contributed by atoms with van der Waals surface area (Å²) in [5, 5.41) is 3.02. The largest absolute Gasteiger partial charge is 0.490 e. The minimum atomic E-state index is 0.0251. The second-order valence-corrected chi connectivity index (χ2v) is 6.47. The summed E-state index contributed by atoms with van der Waals surface area (Å²) in [6.45, 7) is 7.46. The van der Waals surface area contributed by atoms with E-state index in [1.54, 1.807) is 0 Å². The second-order valence-electron chi connectivity index (χ2n) is 6.47. The van der Waals surface area contributed by atoms with Gasteiger partial charge in [-0.2, -0.15) is 0 Å². The molecule has 0 aliphatic carbocycles. The molecule has 0 bridgehead atoms. The summed E-state index contributed by atoms with van der Waals surface area (Å²) in [6, 6.07) is 13.9. The summed E-state index contributed by atoms with van der Waals surface area (Å²) in [4.78, 5) is 12.3. The molecule has 0 saturated heterocycles. The number of benzene rings is 2. The second kappa shape index (κ2) is 11.3. The number of ether oxygens (including phenoxy) is 2. The Morgan fingerprint density at radius 2 is 1.81 bits per heavy atom. The molecule has 0 fully saturated rings. The van der Waals surface area contributed by atoms with Gasteiger partial charge in [0.05, 0.1) is 13.2 Å². The smallest absolute Gasteiger partial charge is 0.224 e. The third-order valence-electron chi connectivity index (χ3n) is 4.38. The minimum absolute atomic E-state index is 0.0251. The van der Waals surface area contributed by atoms with Gasteiger partial charge in [0.1, 0.15) is 0 Å². The summed E-state index contributed by atoms with van der Waals surface area (Å²) in [7, 11) is 0. The highest BCUT2D eigenvalue weighted by Gasteiger charge is 2.09. The lowest BCUT2D eigenvalue weighted by Gasteiger charge is -2.13. The third kappa shape index (κ3) is 6.63. The van der Waals surface area contributed by atoms with E-state index in [4.69, 9.17) is 9.47 Å². The number of nitrogens with one attached hydrogen (secondary N) is 1. The quantitative estimate of drug-likeness (QED) is 0.540. The highest BCUT2D eigenvalue weighted by Crippen LogP contribution is 2.29. The van der Waals surface area contributed by atoms with Gasteiger partial charge in [0.15, 0.2) is 11.5 Å². The molecule has 2 rings (SSSR count). The van der Waals surface area contributed by atoms with E-state index in [2.05, 4.69) is 19.2 Å². The summed E-state index contributed by atoms with van der Waals surface area (Å²) >= 11 is 0. The number of amides is 1. The van der Waals surface area contributed by atoms with Crippen molar-refractivity contribution in [1.29, 1.82) is 0 Å². The fourth-order valence-electron chi connectivity index (χ4n) is 2.84. The SMILES string of the molecule is CCCCOc1ccc(CCC(=O)Nc2ccccc2CC)cc1OCC. The predicted octanol–water partition coefficient (Wildman–Crippen LogP) is 5.40. The van der Waals surface area contributed by atoms with Crippen molar-refractivity contribution < 1.29 is 14.3 Å². The molecule has 0 radical (unpaired) electrons. The first-order chi connectivity index (χ1) is 13.2. The molecule has 4 nitrogen and oxygen atoms in total. The van der Waals surface area contributed by atoms with Crippen LogP contribution in [0.15, 0.2) is 42.5 Å². The molecule has 146 valence electrons. The van der Waals surface area contributed by atoms with E-state index >= 15 is 0 Å². The van der Waals surface area contributed by atoms with Gasteiger partial charge in [-0.1, -0.05) is 44.5 Å². The van der Waals surface area contributed by atoms with Crippen molar-refractivity contribution in [3.63, 3.8) is 0 Å². The lowest BCUT2D eigenvalue weighted by Crippen LogP contribution is -2.13. The zero-order valence-corrected chi connectivity index (χ0v) is 16.7. The van der Waals surface area contributed by atoms with Gasteiger partial charge in [-0.3, -0.25) is 4.79 Å². The van der Waals surface area contributed by atoms with Gasteiger partial charge in [0.25, 0.3) is 0 Å². The Hall–Kier alpha value is -2.49. The van der Waals surface area contributed by atoms with E-state index in [0.717, 1.165) is 47.6 Å². The van der Waals surface area contributed by atoms with Crippen LogP contribution in [0, 0.1) is 0 Å². The lowest BCUT2D eigenvalue weighted by atomic mass is 10.1. The molecule has 0 saturated carbocycles. The number of carbonyl (C=O) groups excluding carboxylic acids is 1. The maximum absolute atomic E-state index is 12.3. The number of aryl methyl sites for hydroxylation is 2. The van der Waals surface area contributed by atoms with Crippen molar-refractivity contribution in [1.82, 2.24) is 0 Å². The Balaban J connectivity index is 1.96. The van der Waals surface area contributed by atoms with Gasteiger partial charge in [0.2, 0.25) is 5.91 Å². The molecule has 0 unspecified atom stereocenters. The van der Waals surface area contributed by atoms with E-state index in [9.17, 15) is 4.79 Å². The Labute approximate surface area is 162 Å². The molecule has 0 aromatic heterocycles. The van der Waals surface area contributed by atoms with Gasteiger partial charge >= 0.3 is 0 Å². The van der Waals surface area contributed by atoms with Crippen LogP contribution in [0.5, 0.6) is 11.5 Å². The van der Waals surface area contributed by atoms with Crippen molar-refractivity contribution in [2.75, 3.05) is 18.5 Å². The molecule has 27 heavy (non-hydrogen) atoms. The van der Waals surface area contributed by atoms with E-state index < -0.39 is 0 Å². The molecule has 2 aromatic carbocycles. The Kier molecular flexibility index (Phi) is 8.69. The normalized spacial score (nSPS) is 10.5. The summed E-state index contributed by atoms with van der Waals surface area (Å²) in [5.41, 5.74) is 3.12. The first-order valence-electron chi connectivity index (χ1n) is 9.94. The lowest BCUT2D eigenvalue weighted by molar-refractivity contribution is -0.116. The Morgan fingerprint density at radius 1 is 1.00 bits per heavy atom. The predicted molar refractivity (Wildman–Crippen MR) is 111 cm³/mol. The van der Waals surface area contributed by atoms with Crippen LogP contribution in [0.4, 0.5) is 5.69 Å². The molecular formula is C23H31NO3. The van der Waals surface area contributed by atoms with Crippen LogP contribution < -0.4 is 14.8 Å². The first-order valence-corrected chi connectivity index (χ1v) is 9.94. The van der Waals surface area contributed by atoms with Crippen molar-refractivity contribution in [3.05, 3.63) is 53.6 Å². The molecule has 4 heteroatoms. The van der Waals surface area contributed by atoms with Crippen molar-refractivity contribution in [2.45, 2.75) is 52.9 Å². The molecule has 1 amide bonds. The van der Waals surface area contributed by atoms with Crippen LogP contribution >= 0.6 is 0 Å². The van der Waals surface area contributed by atoms with Crippen molar-refractivity contribution in [3.8, 4) is 11.5 Å². The number of rotatable bonds is 11. The van der Waals surface area contributed by atoms with Gasteiger partial charge in [-0.05, 0) is 55.5 Å². The Bertz CT molecular complexity index is 727. The number of unbranched alkanes of at least 4 members (excludes halogenated alkanes) is 1. The van der Waals surface area contributed by atoms with E-state index in [0.29, 0.717) is 26.1 Å². The number of carbonyl (C=O) groups is 1. The maximum Gasteiger partial charge on any atom is 0.224 e. The topological polar surface area (TPSA) is 47.6 Å². The van der Waals surface area contributed by atoms with Crippen LogP contribution in [0.25, 0.3) is 0 Å². The molecule has 0 aliphatic heterocycles. The van der Waals surface area contributed by atoms with Gasteiger partial charge < -0.3 is 14.8 Å². The van der Waals surface area contributed by atoms with E-state index in [1.165, 1.54) is 0 Å². The van der Waals surface area contributed by atoms with Crippen molar-refractivity contribution in [2.24, 2.45) is 0 Å². The number of para-hydroxylation sites is 1. The maximum atomic E-state index is 12.3. The van der Waals surface area contributed by atoms with Crippen molar-refractivity contribution >= 4 is 11.6 Å². The molecular weight excluding hydrogens is 338 g/mol. The van der Waals surface area contributed by atoms with Crippen LogP contribution in [0.3, 0.4) is 0 Å². The minimum Gasteiger partial charge on any atom is -0.490 e. The molecule has 1 N–H and O–H groups in total. The fourth-order valence-corrected chi connectivity index (χ4v) is 2.84. The average Bonchev–Trinajstić information content (AvgIpc) is 2.68. The average molecular weight is 370 g/mol. The molecule has 0 aliphatic rings. The third-order valence-corrected chi connectivity index (χ3v) is 4.38. The monoisotopic (exact) mass is 369 g/mol. The fraction of sp³-hybridized carbons (Fsp3) is 0.435. The van der Waals surface area contributed by atoms with Crippen LogP contribution in [-0.2, 0) is 17.6 Å².